The fourth-order valence-electron chi connectivity index (χ4n) is 1.53. The molecule has 0 unspecified atom stereocenters. The molecule has 0 amide bonds. The highest BCUT2D eigenvalue weighted by Crippen LogP contribution is 2.04. The number of rotatable bonds is 5. The Hall–Kier alpha value is -1.95. The molecule has 94 valence electrons. The molecule has 6 heteroatoms. The number of nitrogens with two attached hydrogens (primary N) is 1. The molecular weight excluding hydrogens is 246 g/mol. The molecule has 0 bridgehead atoms. The van der Waals surface area contributed by atoms with Crippen LogP contribution in [-0.4, -0.2) is 26.3 Å². The van der Waals surface area contributed by atoms with Gasteiger partial charge in [0, 0.05) is 24.5 Å². The molecule has 0 fully saturated rings. The number of thiocarbonyl (C=S) groups is 1. The number of nitrogens with one attached hydrogen (secondary N) is 1. The second-order valence-corrected chi connectivity index (χ2v) is 4.44. The normalized spacial score (nSPS) is 10.3. The minimum Gasteiger partial charge on any atom is -0.389 e. The molecule has 0 aliphatic rings. The third kappa shape index (κ3) is 3.27. The second kappa shape index (κ2) is 5.59. The topological polar surface area (TPSA) is 68.8 Å². The lowest BCUT2D eigenvalue weighted by atomic mass is 10.3. The summed E-state index contributed by atoms with van der Waals surface area (Å²) in [4.78, 5) is 4.59. The monoisotopic (exact) mass is 261 g/mol. The Morgan fingerprint density at radius 2 is 2.28 bits per heavy atom. The maximum atomic E-state index is 5.50. The maximum Gasteiger partial charge on any atom is 0.125 e. The molecule has 0 spiro atoms. The molecule has 0 aliphatic heterocycles. The summed E-state index contributed by atoms with van der Waals surface area (Å²) in [5.74, 6) is 0.805. The van der Waals surface area contributed by atoms with Gasteiger partial charge in [0.1, 0.15) is 10.8 Å². The van der Waals surface area contributed by atoms with Crippen molar-refractivity contribution in [1.29, 1.82) is 0 Å². The molecule has 2 aromatic heterocycles. The Labute approximate surface area is 111 Å². The number of nitrogens with zero attached hydrogens (tertiary/aromatic N) is 3. The number of pyridine rings is 1. The van der Waals surface area contributed by atoms with Crippen LogP contribution in [0.15, 0.2) is 30.7 Å². The molecule has 5 nitrogen and oxygen atoms in total. The van der Waals surface area contributed by atoms with Gasteiger partial charge in [-0.1, -0.05) is 12.2 Å². The van der Waals surface area contributed by atoms with Crippen LogP contribution in [0.3, 0.4) is 0 Å². The van der Waals surface area contributed by atoms with Crippen molar-refractivity contribution in [2.24, 2.45) is 5.73 Å². The lowest BCUT2D eigenvalue weighted by Crippen LogP contribution is -2.13. The zero-order chi connectivity index (χ0) is 13.0. The summed E-state index contributed by atoms with van der Waals surface area (Å²) in [6.07, 6.45) is 5.52. The number of hydrogen-bond acceptors (Lipinski definition) is 4. The molecule has 18 heavy (non-hydrogen) atoms. The molecule has 0 atom stereocenters. The van der Waals surface area contributed by atoms with Crippen molar-refractivity contribution in [2.45, 2.75) is 13.5 Å². The molecule has 0 saturated heterocycles. The Morgan fingerprint density at radius 3 is 2.83 bits per heavy atom. The zero-order valence-corrected chi connectivity index (χ0v) is 10.9. The van der Waals surface area contributed by atoms with Gasteiger partial charge in [0.2, 0.25) is 0 Å². The highest BCUT2D eigenvalue weighted by molar-refractivity contribution is 7.80. The van der Waals surface area contributed by atoms with E-state index in [0.717, 1.165) is 30.0 Å². The third-order valence-electron chi connectivity index (χ3n) is 2.46. The van der Waals surface area contributed by atoms with E-state index in [-0.39, 0.29) is 0 Å². The number of anilines is 1. The molecule has 0 aromatic carbocycles. The van der Waals surface area contributed by atoms with E-state index in [0.29, 0.717) is 4.99 Å². The van der Waals surface area contributed by atoms with E-state index in [1.807, 2.05) is 36.1 Å². The van der Waals surface area contributed by atoms with Crippen LogP contribution in [0.5, 0.6) is 0 Å². The average molecular weight is 261 g/mol. The first-order valence-corrected chi connectivity index (χ1v) is 6.05. The summed E-state index contributed by atoms with van der Waals surface area (Å²) >= 11 is 4.86. The van der Waals surface area contributed by atoms with Crippen LogP contribution in [0.2, 0.25) is 0 Å². The van der Waals surface area contributed by atoms with Gasteiger partial charge >= 0.3 is 0 Å². The Morgan fingerprint density at radius 1 is 1.44 bits per heavy atom. The van der Waals surface area contributed by atoms with E-state index in [1.165, 1.54) is 0 Å². The molecule has 2 rings (SSSR count). The molecule has 0 aliphatic carbocycles. The van der Waals surface area contributed by atoms with E-state index in [4.69, 9.17) is 18.0 Å². The number of hydrogen-bond donors (Lipinski definition) is 2. The van der Waals surface area contributed by atoms with Crippen molar-refractivity contribution in [3.05, 3.63) is 41.9 Å². The predicted octanol–water partition coefficient (Wildman–Crippen LogP) is 1.33. The number of aromatic nitrogens is 3. The van der Waals surface area contributed by atoms with Crippen molar-refractivity contribution >= 4 is 23.0 Å². The highest BCUT2D eigenvalue weighted by Gasteiger charge is 1.98. The van der Waals surface area contributed by atoms with Crippen LogP contribution in [0.1, 0.15) is 11.1 Å². The lowest BCUT2D eigenvalue weighted by Gasteiger charge is -2.06. The lowest BCUT2D eigenvalue weighted by molar-refractivity contribution is 0.637. The molecule has 3 N–H and O–H groups in total. The SMILES string of the molecule is Cc1cnn(CCNc2ccc(C(N)=S)cn2)c1. The van der Waals surface area contributed by atoms with Gasteiger partial charge in [0.05, 0.1) is 12.7 Å². The van der Waals surface area contributed by atoms with Gasteiger partial charge in [-0.25, -0.2) is 4.98 Å². The van der Waals surface area contributed by atoms with Crippen molar-refractivity contribution in [3.8, 4) is 0 Å². The van der Waals surface area contributed by atoms with Crippen LogP contribution >= 0.6 is 12.2 Å². The molecule has 0 saturated carbocycles. The first-order valence-electron chi connectivity index (χ1n) is 5.64. The average Bonchev–Trinajstić information content (AvgIpc) is 2.76. The minimum absolute atomic E-state index is 0.362. The van der Waals surface area contributed by atoms with Crippen molar-refractivity contribution in [3.63, 3.8) is 0 Å². The second-order valence-electron chi connectivity index (χ2n) is 4.00. The van der Waals surface area contributed by atoms with Crippen LogP contribution in [-0.2, 0) is 6.54 Å². The zero-order valence-electron chi connectivity index (χ0n) is 10.1. The van der Waals surface area contributed by atoms with E-state index >= 15 is 0 Å². The summed E-state index contributed by atoms with van der Waals surface area (Å²) in [7, 11) is 0. The van der Waals surface area contributed by atoms with Crippen molar-refractivity contribution < 1.29 is 0 Å². The highest BCUT2D eigenvalue weighted by atomic mass is 32.1. The largest absolute Gasteiger partial charge is 0.389 e. The molecule has 2 aromatic rings. The summed E-state index contributed by atoms with van der Waals surface area (Å²) in [6.45, 7) is 3.58. The maximum absolute atomic E-state index is 5.50. The summed E-state index contributed by atoms with van der Waals surface area (Å²) < 4.78 is 1.89. The van der Waals surface area contributed by atoms with Crippen molar-refractivity contribution in [1.82, 2.24) is 14.8 Å². The summed E-state index contributed by atoms with van der Waals surface area (Å²) in [6, 6.07) is 3.72. The van der Waals surface area contributed by atoms with E-state index in [2.05, 4.69) is 15.4 Å². The van der Waals surface area contributed by atoms with Crippen molar-refractivity contribution in [2.75, 3.05) is 11.9 Å². The van der Waals surface area contributed by atoms with E-state index in [1.54, 1.807) is 6.20 Å². The molecule has 0 radical (unpaired) electrons. The van der Waals surface area contributed by atoms with E-state index < -0.39 is 0 Å². The van der Waals surface area contributed by atoms with Gasteiger partial charge in [-0.05, 0) is 24.6 Å². The third-order valence-corrected chi connectivity index (χ3v) is 2.69. The van der Waals surface area contributed by atoms with Gasteiger partial charge in [-0.3, -0.25) is 4.68 Å². The summed E-state index contributed by atoms with van der Waals surface area (Å²) in [5.41, 5.74) is 7.44. The van der Waals surface area contributed by atoms with Gasteiger partial charge < -0.3 is 11.1 Å². The Bertz CT molecular complexity index is 532. The summed E-state index contributed by atoms with van der Waals surface area (Å²) in [5, 5.41) is 7.42. The molecular formula is C12H15N5S. The first kappa shape index (κ1) is 12.5. The Kier molecular flexibility index (Phi) is 3.88. The smallest absolute Gasteiger partial charge is 0.125 e. The minimum atomic E-state index is 0.362. The van der Waals surface area contributed by atoms with Gasteiger partial charge in [0.25, 0.3) is 0 Å². The number of aryl methyl sites for hydroxylation is 1. The molecule has 2 heterocycles. The van der Waals surface area contributed by atoms with Gasteiger partial charge in [-0.2, -0.15) is 5.10 Å². The van der Waals surface area contributed by atoms with Crippen LogP contribution in [0.4, 0.5) is 5.82 Å². The van der Waals surface area contributed by atoms with E-state index in [9.17, 15) is 0 Å². The fourth-order valence-corrected chi connectivity index (χ4v) is 1.65. The quantitative estimate of drug-likeness (QED) is 0.795. The Balaban J connectivity index is 1.85. The van der Waals surface area contributed by atoms with Gasteiger partial charge in [-0.15, -0.1) is 0 Å². The van der Waals surface area contributed by atoms with Crippen LogP contribution in [0.25, 0.3) is 0 Å². The standard InChI is InChI=1S/C12H15N5S/c1-9-6-16-17(8-9)5-4-14-11-3-2-10(7-15-11)12(13)18/h2-3,6-8H,4-5H2,1H3,(H2,13,18)(H,14,15). The first-order chi connectivity index (χ1) is 8.65. The predicted molar refractivity (Wildman–Crippen MR) is 75.6 cm³/mol. The van der Waals surface area contributed by atoms with Crippen LogP contribution < -0.4 is 11.1 Å². The fraction of sp³-hybridized carbons (Fsp3) is 0.250. The van der Waals surface area contributed by atoms with Crippen LogP contribution in [0, 0.1) is 6.92 Å². The van der Waals surface area contributed by atoms with Gasteiger partial charge in [0.15, 0.2) is 0 Å².